The number of rotatable bonds is 15. The van der Waals surface area contributed by atoms with E-state index in [2.05, 4.69) is 11.2 Å². The fourth-order valence-electron chi connectivity index (χ4n) is 4.37. The van der Waals surface area contributed by atoms with Gasteiger partial charge in [-0.1, -0.05) is 60.5 Å². The van der Waals surface area contributed by atoms with E-state index in [1.165, 1.54) is 4.57 Å². The van der Waals surface area contributed by atoms with Crippen LogP contribution in [-0.4, -0.2) is 34.4 Å². The molecule has 41 heavy (non-hydrogen) atoms. The third-order valence-electron chi connectivity index (χ3n) is 6.40. The van der Waals surface area contributed by atoms with Gasteiger partial charge in [-0.25, -0.2) is 9.36 Å². The van der Waals surface area contributed by atoms with Crippen molar-refractivity contribution in [3.63, 3.8) is 0 Å². The SMILES string of the molecule is C#CCn1c(=O)c(NC(=O)CCc2ccc(-c3ccccc3)cc2)c(N)n(CCCCP(=O)(OCC)OCC)c1=O. The number of carbonyl (C=O) groups excluding carboxylic acids is 1. The molecule has 0 radical (unpaired) electrons. The number of carbonyl (C=O) groups is 1. The van der Waals surface area contributed by atoms with Crippen LogP contribution < -0.4 is 22.3 Å². The predicted octanol–water partition coefficient (Wildman–Crippen LogP) is 4.51. The Morgan fingerprint density at radius 2 is 1.61 bits per heavy atom. The van der Waals surface area contributed by atoms with Crippen molar-refractivity contribution < 1.29 is 18.4 Å². The third kappa shape index (κ3) is 8.54. The molecule has 2 aromatic carbocycles. The number of nitrogens with zero attached hydrogens (tertiary/aromatic N) is 2. The van der Waals surface area contributed by atoms with E-state index < -0.39 is 24.8 Å². The largest absolute Gasteiger partial charge is 0.383 e. The Kier molecular flexibility index (Phi) is 11.7. The Morgan fingerprint density at radius 3 is 2.22 bits per heavy atom. The van der Waals surface area contributed by atoms with Crippen LogP contribution in [-0.2, 0) is 37.9 Å². The number of hydrogen-bond acceptors (Lipinski definition) is 7. The normalized spacial score (nSPS) is 11.2. The van der Waals surface area contributed by atoms with Gasteiger partial charge in [0.15, 0.2) is 0 Å². The van der Waals surface area contributed by atoms with Crippen LogP contribution in [0.1, 0.15) is 38.7 Å². The van der Waals surface area contributed by atoms with Crippen molar-refractivity contribution in [1.82, 2.24) is 9.13 Å². The number of nitrogen functional groups attached to an aromatic ring is 1. The van der Waals surface area contributed by atoms with Crippen LogP contribution in [0.3, 0.4) is 0 Å². The summed E-state index contributed by atoms with van der Waals surface area (Å²) in [6, 6.07) is 17.9. The molecule has 3 rings (SSSR count). The molecular formula is C30H37N4O6P. The molecule has 1 heterocycles. The molecule has 3 aromatic rings. The molecule has 1 amide bonds. The zero-order valence-electron chi connectivity index (χ0n) is 23.5. The first kappa shape index (κ1) is 31.6. The minimum absolute atomic E-state index is 0.0992. The Morgan fingerprint density at radius 1 is 0.976 bits per heavy atom. The molecule has 0 atom stereocenters. The highest BCUT2D eigenvalue weighted by Crippen LogP contribution is 2.48. The number of amides is 1. The van der Waals surface area contributed by atoms with E-state index >= 15 is 0 Å². The van der Waals surface area contributed by atoms with Crippen LogP contribution in [0, 0.1) is 12.3 Å². The predicted molar refractivity (Wildman–Crippen MR) is 162 cm³/mol. The average Bonchev–Trinajstić information content (AvgIpc) is 2.97. The van der Waals surface area contributed by atoms with Gasteiger partial charge in [-0.15, -0.1) is 6.42 Å². The number of benzene rings is 2. The summed E-state index contributed by atoms with van der Waals surface area (Å²) < 4.78 is 25.4. The molecule has 11 heteroatoms. The number of nitrogens with two attached hydrogens (primary N) is 1. The van der Waals surface area contributed by atoms with E-state index in [1.54, 1.807) is 13.8 Å². The van der Waals surface area contributed by atoms with Crippen LogP contribution >= 0.6 is 7.60 Å². The second kappa shape index (κ2) is 15.2. The summed E-state index contributed by atoms with van der Waals surface area (Å²) in [5, 5.41) is 2.59. The van der Waals surface area contributed by atoms with Gasteiger partial charge in [-0.2, -0.15) is 0 Å². The fourth-order valence-corrected chi connectivity index (χ4v) is 6.10. The lowest BCUT2D eigenvalue weighted by molar-refractivity contribution is -0.116. The quantitative estimate of drug-likeness (QED) is 0.153. The van der Waals surface area contributed by atoms with Gasteiger partial charge >= 0.3 is 13.3 Å². The summed E-state index contributed by atoms with van der Waals surface area (Å²) in [6.45, 7) is 3.81. The van der Waals surface area contributed by atoms with E-state index in [1.807, 2.05) is 54.6 Å². The first-order valence-electron chi connectivity index (χ1n) is 13.6. The summed E-state index contributed by atoms with van der Waals surface area (Å²) in [5.74, 6) is 1.71. The standard InChI is InChI=1S/C30H37N4O6P/c1-4-20-34-29(36)27(28(31)33(30(34)37)21-10-11-22-41(38,39-5-2)40-6-3)32-26(35)19-16-23-14-17-25(18-15-23)24-12-8-7-9-13-24/h1,7-9,12-15,17-18H,5-6,10-11,16,19-22,31H2,2-3H3,(H,32,35). The summed E-state index contributed by atoms with van der Waals surface area (Å²) >= 11 is 0. The van der Waals surface area contributed by atoms with Gasteiger partial charge in [-0.3, -0.25) is 18.7 Å². The van der Waals surface area contributed by atoms with Crippen molar-refractivity contribution in [1.29, 1.82) is 0 Å². The van der Waals surface area contributed by atoms with Crippen LogP contribution in [0.5, 0.6) is 0 Å². The summed E-state index contributed by atoms with van der Waals surface area (Å²) in [5.41, 5.74) is 7.71. The van der Waals surface area contributed by atoms with Gasteiger partial charge in [-0.05, 0) is 49.8 Å². The molecular weight excluding hydrogens is 543 g/mol. The molecule has 10 nitrogen and oxygen atoms in total. The van der Waals surface area contributed by atoms with Crippen LogP contribution in [0.25, 0.3) is 11.1 Å². The van der Waals surface area contributed by atoms with E-state index in [0.717, 1.165) is 21.3 Å². The summed E-state index contributed by atoms with van der Waals surface area (Å²) in [6.07, 6.45) is 6.92. The van der Waals surface area contributed by atoms with Crippen LogP contribution in [0.4, 0.5) is 11.5 Å². The van der Waals surface area contributed by atoms with Crippen molar-refractivity contribution in [3.8, 4) is 23.5 Å². The first-order chi connectivity index (χ1) is 19.7. The fraction of sp³-hybridized carbons (Fsp3) is 0.367. The minimum atomic E-state index is -3.23. The minimum Gasteiger partial charge on any atom is -0.383 e. The van der Waals surface area contributed by atoms with Gasteiger partial charge in [0.2, 0.25) is 5.91 Å². The Bertz CT molecular complexity index is 1510. The Hall–Kier alpha value is -3.90. The van der Waals surface area contributed by atoms with Gasteiger partial charge in [0.05, 0.1) is 25.9 Å². The molecule has 0 aliphatic heterocycles. The number of nitrogens with one attached hydrogen (secondary N) is 1. The molecule has 1 aromatic heterocycles. The van der Waals surface area contributed by atoms with Crippen molar-refractivity contribution in [3.05, 3.63) is 81.0 Å². The Balaban J connectivity index is 1.71. The second-order valence-electron chi connectivity index (χ2n) is 9.28. The molecule has 0 spiro atoms. The highest BCUT2D eigenvalue weighted by molar-refractivity contribution is 7.53. The highest BCUT2D eigenvalue weighted by Gasteiger charge is 2.23. The Labute approximate surface area is 240 Å². The molecule has 0 bridgehead atoms. The molecule has 0 fully saturated rings. The molecule has 0 aliphatic carbocycles. The molecule has 0 saturated carbocycles. The zero-order chi connectivity index (χ0) is 29.8. The smallest absolute Gasteiger partial charge is 0.333 e. The van der Waals surface area contributed by atoms with E-state index in [9.17, 15) is 18.9 Å². The second-order valence-corrected chi connectivity index (χ2v) is 11.5. The van der Waals surface area contributed by atoms with Crippen LogP contribution in [0.2, 0.25) is 0 Å². The number of terminal acetylenes is 1. The van der Waals surface area contributed by atoms with Crippen molar-refractivity contribution in [2.24, 2.45) is 0 Å². The van der Waals surface area contributed by atoms with Gasteiger partial charge in [0, 0.05) is 13.0 Å². The number of anilines is 2. The lowest BCUT2D eigenvalue weighted by Crippen LogP contribution is -2.42. The number of aromatic nitrogens is 2. The maximum Gasteiger partial charge on any atom is 0.333 e. The highest BCUT2D eigenvalue weighted by atomic mass is 31.2. The average molecular weight is 581 g/mol. The first-order valence-corrected chi connectivity index (χ1v) is 15.3. The van der Waals surface area contributed by atoms with Crippen molar-refractivity contribution in [2.75, 3.05) is 30.4 Å². The lowest BCUT2D eigenvalue weighted by Gasteiger charge is -2.18. The summed E-state index contributed by atoms with van der Waals surface area (Å²) in [4.78, 5) is 38.9. The summed E-state index contributed by atoms with van der Waals surface area (Å²) in [7, 11) is -3.23. The molecule has 0 unspecified atom stereocenters. The molecule has 0 saturated heterocycles. The van der Waals surface area contributed by atoms with E-state index in [-0.39, 0.29) is 50.4 Å². The topological polar surface area (TPSA) is 135 Å². The van der Waals surface area contributed by atoms with E-state index in [0.29, 0.717) is 19.3 Å². The molecule has 0 aliphatic rings. The van der Waals surface area contributed by atoms with Crippen molar-refractivity contribution >= 4 is 25.0 Å². The van der Waals surface area contributed by atoms with Gasteiger partial charge in [0.1, 0.15) is 11.5 Å². The maximum absolute atomic E-state index is 13.0. The van der Waals surface area contributed by atoms with Crippen LogP contribution in [0.15, 0.2) is 64.2 Å². The maximum atomic E-state index is 13.0. The zero-order valence-corrected chi connectivity index (χ0v) is 24.4. The third-order valence-corrected chi connectivity index (χ3v) is 8.57. The molecule has 218 valence electrons. The number of unbranched alkanes of at least 4 members (excludes halogenated alkanes) is 1. The van der Waals surface area contributed by atoms with Gasteiger partial charge in [0.25, 0.3) is 5.56 Å². The monoisotopic (exact) mass is 580 g/mol. The van der Waals surface area contributed by atoms with Gasteiger partial charge < -0.3 is 20.1 Å². The number of aryl methyl sites for hydroxylation is 1. The number of hydrogen-bond donors (Lipinski definition) is 2. The molecule has 3 N–H and O–H groups in total. The van der Waals surface area contributed by atoms with E-state index in [4.69, 9.17) is 21.2 Å². The lowest BCUT2D eigenvalue weighted by atomic mass is 10.0. The van der Waals surface area contributed by atoms with Crippen molar-refractivity contribution in [2.45, 2.75) is 52.6 Å².